The van der Waals surface area contributed by atoms with Gasteiger partial charge in [0.2, 0.25) is 0 Å². The maximum atomic E-state index is 13.0. The number of hydrogen-bond donors (Lipinski definition) is 1. The molecule has 4 rings (SSSR count). The predicted octanol–water partition coefficient (Wildman–Crippen LogP) is 3.00. The van der Waals surface area contributed by atoms with Crippen LogP contribution in [0.3, 0.4) is 0 Å². The minimum atomic E-state index is -0.0525. The quantitative estimate of drug-likeness (QED) is 0.789. The van der Waals surface area contributed by atoms with Crippen LogP contribution in [0.5, 0.6) is 0 Å². The highest BCUT2D eigenvalue weighted by atomic mass is 16.1. The summed E-state index contributed by atoms with van der Waals surface area (Å²) in [6, 6.07) is 10.3. The summed E-state index contributed by atoms with van der Waals surface area (Å²) in [6.07, 6.45) is 1.96. The van der Waals surface area contributed by atoms with Crippen molar-refractivity contribution in [1.29, 1.82) is 0 Å². The number of benzene rings is 1. The number of rotatable bonds is 2. The summed E-state index contributed by atoms with van der Waals surface area (Å²) in [7, 11) is 1.86. The molecule has 5 nitrogen and oxygen atoms in total. The van der Waals surface area contributed by atoms with E-state index in [-0.39, 0.29) is 11.9 Å². The fraction of sp³-hybridized carbons (Fsp3) is 0.316. The lowest BCUT2D eigenvalue weighted by Crippen LogP contribution is -2.27. The second-order valence-corrected chi connectivity index (χ2v) is 6.48. The minimum Gasteiger partial charge on any atom is -0.345 e. The van der Waals surface area contributed by atoms with E-state index >= 15 is 0 Å². The van der Waals surface area contributed by atoms with Gasteiger partial charge in [-0.1, -0.05) is 24.3 Å². The van der Waals surface area contributed by atoms with Crippen LogP contribution in [0.25, 0.3) is 11.0 Å². The molecule has 1 aromatic carbocycles. The lowest BCUT2D eigenvalue weighted by molar-refractivity contribution is 0.0938. The van der Waals surface area contributed by atoms with Crippen molar-refractivity contribution < 1.29 is 4.79 Å². The van der Waals surface area contributed by atoms with Gasteiger partial charge in [0, 0.05) is 12.7 Å². The lowest BCUT2D eigenvalue weighted by Gasteiger charge is -2.15. The van der Waals surface area contributed by atoms with Gasteiger partial charge in [-0.25, -0.2) is 4.98 Å². The number of fused-ring (bicyclic) bond motifs is 2. The molecule has 0 radical (unpaired) electrons. The van der Waals surface area contributed by atoms with Gasteiger partial charge in [0.25, 0.3) is 5.91 Å². The molecular weight excluding hydrogens is 300 g/mol. The molecule has 24 heavy (non-hydrogen) atoms. The van der Waals surface area contributed by atoms with Crippen molar-refractivity contribution in [2.75, 3.05) is 0 Å². The molecule has 0 saturated heterocycles. The van der Waals surface area contributed by atoms with E-state index in [4.69, 9.17) is 0 Å². The summed E-state index contributed by atoms with van der Waals surface area (Å²) in [5.74, 6) is -0.0525. The molecule has 1 unspecified atom stereocenters. The second kappa shape index (κ2) is 5.44. The maximum absolute atomic E-state index is 13.0. The van der Waals surface area contributed by atoms with Crippen molar-refractivity contribution in [1.82, 2.24) is 20.1 Å². The normalized spacial score (nSPS) is 16.4. The number of aromatic nitrogens is 3. The first kappa shape index (κ1) is 14.9. The maximum Gasteiger partial charge on any atom is 0.252 e. The third-order valence-electron chi connectivity index (χ3n) is 4.78. The van der Waals surface area contributed by atoms with Gasteiger partial charge >= 0.3 is 0 Å². The Morgan fingerprint density at radius 2 is 2.08 bits per heavy atom. The van der Waals surface area contributed by atoms with Crippen LogP contribution >= 0.6 is 0 Å². The summed E-state index contributed by atoms with van der Waals surface area (Å²) < 4.78 is 1.74. The first-order valence-corrected chi connectivity index (χ1v) is 8.24. The Bertz CT molecular complexity index is 957. The second-order valence-electron chi connectivity index (χ2n) is 6.48. The summed E-state index contributed by atoms with van der Waals surface area (Å²) in [4.78, 5) is 17.5. The van der Waals surface area contributed by atoms with Crippen molar-refractivity contribution in [3.63, 3.8) is 0 Å². The van der Waals surface area contributed by atoms with Crippen molar-refractivity contribution in [2.45, 2.75) is 32.7 Å². The topological polar surface area (TPSA) is 59.8 Å². The van der Waals surface area contributed by atoms with E-state index in [0.29, 0.717) is 5.56 Å². The smallest absolute Gasteiger partial charge is 0.252 e. The molecule has 0 bridgehead atoms. The number of carbonyl (C=O) groups is 1. The van der Waals surface area contributed by atoms with Crippen LogP contribution in [0.2, 0.25) is 0 Å². The number of nitrogens with one attached hydrogen (secondary N) is 1. The third-order valence-corrected chi connectivity index (χ3v) is 4.78. The summed E-state index contributed by atoms with van der Waals surface area (Å²) in [6.45, 7) is 3.82. The fourth-order valence-electron chi connectivity index (χ4n) is 3.69. The standard InChI is InChI=1S/C19H20N4O/c1-11-10-15(17-12(2)22-23(3)18(17)20-11)19(24)21-16-9-8-13-6-4-5-7-14(13)16/h4-7,10,16H,8-9H2,1-3H3,(H,21,24). The van der Waals surface area contributed by atoms with E-state index in [1.165, 1.54) is 11.1 Å². The molecule has 1 atom stereocenters. The minimum absolute atomic E-state index is 0.0525. The molecule has 1 amide bonds. The van der Waals surface area contributed by atoms with Crippen LogP contribution in [-0.4, -0.2) is 20.7 Å². The van der Waals surface area contributed by atoms with Crippen LogP contribution < -0.4 is 5.32 Å². The molecule has 0 aliphatic heterocycles. The molecule has 3 aromatic rings. The zero-order chi connectivity index (χ0) is 16.8. The van der Waals surface area contributed by atoms with Crippen LogP contribution in [0, 0.1) is 13.8 Å². The number of hydrogen-bond acceptors (Lipinski definition) is 3. The average Bonchev–Trinajstić information content (AvgIpc) is 3.08. The van der Waals surface area contributed by atoms with Crippen LogP contribution in [0.4, 0.5) is 0 Å². The number of aryl methyl sites for hydroxylation is 4. The molecule has 0 fully saturated rings. The Hall–Kier alpha value is -2.69. The van der Waals surface area contributed by atoms with Gasteiger partial charge in [0.05, 0.1) is 22.7 Å². The molecule has 1 aliphatic carbocycles. The number of amides is 1. The Morgan fingerprint density at radius 3 is 2.92 bits per heavy atom. The highest BCUT2D eigenvalue weighted by Gasteiger charge is 2.25. The predicted molar refractivity (Wildman–Crippen MR) is 93.0 cm³/mol. The van der Waals surface area contributed by atoms with E-state index in [0.717, 1.165) is 35.3 Å². The van der Waals surface area contributed by atoms with Gasteiger partial charge in [0.1, 0.15) is 0 Å². The Labute approximate surface area is 140 Å². The largest absolute Gasteiger partial charge is 0.345 e. The average molecular weight is 320 g/mol. The fourth-order valence-corrected chi connectivity index (χ4v) is 3.69. The first-order chi connectivity index (χ1) is 11.5. The monoisotopic (exact) mass is 320 g/mol. The Morgan fingerprint density at radius 1 is 1.29 bits per heavy atom. The van der Waals surface area contributed by atoms with Crippen molar-refractivity contribution in [3.05, 3.63) is 58.4 Å². The highest BCUT2D eigenvalue weighted by molar-refractivity contribution is 6.06. The Balaban J connectivity index is 1.72. The van der Waals surface area contributed by atoms with E-state index in [1.54, 1.807) is 4.68 Å². The molecule has 5 heteroatoms. The van der Waals surface area contributed by atoms with Crippen LogP contribution in [-0.2, 0) is 13.5 Å². The number of carbonyl (C=O) groups excluding carboxylic acids is 1. The van der Waals surface area contributed by atoms with E-state index < -0.39 is 0 Å². The van der Waals surface area contributed by atoms with Crippen molar-refractivity contribution in [3.8, 4) is 0 Å². The summed E-state index contributed by atoms with van der Waals surface area (Å²) in [5.41, 5.74) is 5.63. The van der Waals surface area contributed by atoms with Gasteiger partial charge in [-0.15, -0.1) is 0 Å². The van der Waals surface area contributed by atoms with Crippen molar-refractivity contribution in [2.24, 2.45) is 7.05 Å². The highest BCUT2D eigenvalue weighted by Crippen LogP contribution is 2.31. The molecule has 2 aromatic heterocycles. The number of pyridine rings is 1. The molecule has 122 valence electrons. The van der Waals surface area contributed by atoms with Crippen molar-refractivity contribution >= 4 is 16.9 Å². The van der Waals surface area contributed by atoms with Crippen LogP contribution in [0.1, 0.15) is 45.3 Å². The molecule has 1 aliphatic rings. The van der Waals surface area contributed by atoms with Gasteiger partial charge in [-0.05, 0) is 43.9 Å². The van der Waals surface area contributed by atoms with Crippen LogP contribution in [0.15, 0.2) is 30.3 Å². The SMILES string of the molecule is Cc1cc(C(=O)NC2CCc3ccccc32)c2c(C)nn(C)c2n1. The molecular formula is C19H20N4O. The van der Waals surface area contributed by atoms with Gasteiger partial charge in [0.15, 0.2) is 5.65 Å². The van der Waals surface area contributed by atoms with E-state index in [9.17, 15) is 4.79 Å². The first-order valence-electron chi connectivity index (χ1n) is 8.24. The molecule has 0 spiro atoms. The zero-order valence-corrected chi connectivity index (χ0v) is 14.1. The third kappa shape index (κ3) is 2.28. The zero-order valence-electron chi connectivity index (χ0n) is 14.1. The molecule has 1 N–H and O–H groups in total. The van der Waals surface area contributed by atoms with Gasteiger partial charge < -0.3 is 5.32 Å². The van der Waals surface area contributed by atoms with Gasteiger partial charge in [-0.2, -0.15) is 5.10 Å². The van der Waals surface area contributed by atoms with Gasteiger partial charge in [-0.3, -0.25) is 9.48 Å². The van der Waals surface area contributed by atoms with E-state index in [1.807, 2.05) is 33.0 Å². The lowest BCUT2D eigenvalue weighted by atomic mass is 10.1. The molecule has 2 heterocycles. The summed E-state index contributed by atoms with van der Waals surface area (Å²) >= 11 is 0. The molecule has 0 saturated carbocycles. The van der Waals surface area contributed by atoms with E-state index in [2.05, 4.69) is 33.6 Å². The number of nitrogens with zero attached hydrogens (tertiary/aromatic N) is 3. The Kier molecular flexibility index (Phi) is 3.37. The summed E-state index contributed by atoms with van der Waals surface area (Å²) in [5, 5.41) is 8.46.